The van der Waals surface area contributed by atoms with Crippen molar-refractivity contribution in [3.8, 4) is 0 Å². The van der Waals surface area contributed by atoms with Gasteiger partial charge >= 0.3 is 0 Å². The summed E-state index contributed by atoms with van der Waals surface area (Å²) in [6.07, 6.45) is 11.9. The predicted octanol–water partition coefficient (Wildman–Crippen LogP) is 3.63. The highest BCUT2D eigenvalue weighted by atomic mass is 127. The first kappa shape index (κ1) is 12.2. The van der Waals surface area contributed by atoms with E-state index >= 15 is 0 Å². The second-order valence-corrected chi connectivity index (χ2v) is 5.60. The maximum atomic E-state index is 10.3. The molecule has 0 amide bonds. The zero-order chi connectivity index (χ0) is 10.2. The maximum Gasteiger partial charge on any atom is 0.235 e. The van der Waals surface area contributed by atoms with Crippen molar-refractivity contribution < 1.29 is 4.79 Å². The van der Waals surface area contributed by atoms with E-state index in [4.69, 9.17) is 0 Å². The number of aliphatic imine (C=N–C) groups is 1. The lowest BCUT2D eigenvalue weighted by molar-refractivity contribution is 0.474. The summed E-state index contributed by atoms with van der Waals surface area (Å²) in [6, 6.07) is 0.228. The van der Waals surface area contributed by atoms with Crippen LogP contribution in [0, 0.1) is 0 Å². The largest absolute Gasteiger partial charge is 0.235 e. The van der Waals surface area contributed by atoms with E-state index in [0.29, 0.717) is 3.92 Å². The first-order valence-electron chi connectivity index (χ1n) is 5.55. The van der Waals surface area contributed by atoms with Crippen LogP contribution in [0.25, 0.3) is 0 Å². The van der Waals surface area contributed by atoms with Crippen LogP contribution in [0.3, 0.4) is 0 Å². The number of alkyl halides is 1. The highest BCUT2D eigenvalue weighted by molar-refractivity contribution is 14.1. The van der Waals surface area contributed by atoms with Gasteiger partial charge in [-0.3, -0.25) is 0 Å². The standard InChI is InChI=1S/C11H18INO/c12-10-7-5-3-1-2-4-6-8-11(10)13-9-14/h10-11H,1-8H2/t10-,11-/m0/s1. The van der Waals surface area contributed by atoms with Crippen LogP contribution in [0.15, 0.2) is 4.99 Å². The van der Waals surface area contributed by atoms with Gasteiger partial charge in [-0.1, -0.05) is 61.1 Å². The molecule has 0 unspecified atom stereocenters. The van der Waals surface area contributed by atoms with Gasteiger partial charge in [0.25, 0.3) is 0 Å². The van der Waals surface area contributed by atoms with Crippen molar-refractivity contribution in [3.63, 3.8) is 0 Å². The van der Waals surface area contributed by atoms with Crippen LogP contribution in [-0.4, -0.2) is 16.0 Å². The van der Waals surface area contributed by atoms with E-state index in [-0.39, 0.29) is 6.04 Å². The Morgan fingerprint density at radius 1 is 1.00 bits per heavy atom. The summed E-state index contributed by atoms with van der Waals surface area (Å²) in [4.78, 5) is 14.2. The van der Waals surface area contributed by atoms with Gasteiger partial charge in [-0.05, 0) is 12.8 Å². The number of nitrogens with zero attached hydrogens (tertiary/aromatic N) is 1. The fourth-order valence-electron chi connectivity index (χ4n) is 1.99. The average molecular weight is 307 g/mol. The minimum atomic E-state index is 0.228. The van der Waals surface area contributed by atoms with Crippen LogP contribution >= 0.6 is 22.6 Å². The van der Waals surface area contributed by atoms with Gasteiger partial charge in [0.05, 0.1) is 6.04 Å². The Hall–Kier alpha value is 0.110. The Labute approximate surface area is 99.7 Å². The molecule has 1 rings (SSSR count). The van der Waals surface area contributed by atoms with Gasteiger partial charge in [-0.25, -0.2) is 9.79 Å². The molecule has 1 aliphatic rings. The van der Waals surface area contributed by atoms with E-state index in [0.717, 1.165) is 6.42 Å². The molecule has 0 spiro atoms. The molecule has 0 aromatic heterocycles. The maximum absolute atomic E-state index is 10.3. The summed E-state index contributed by atoms with van der Waals surface area (Å²) >= 11 is 2.44. The lowest BCUT2D eigenvalue weighted by atomic mass is 9.98. The van der Waals surface area contributed by atoms with Gasteiger partial charge in [0, 0.05) is 3.92 Å². The second-order valence-electron chi connectivity index (χ2n) is 4.00. The van der Waals surface area contributed by atoms with E-state index in [1.165, 1.54) is 44.9 Å². The van der Waals surface area contributed by atoms with Crippen LogP contribution in [0.1, 0.15) is 51.4 Å². The van der Waals surface area contributed by atoms with Crippen LogP contribution < -0.4 is 0 Å². The smallest absolute Gasteiger partial charge is 0.211 e. The number of hydrogen-bond donors (Lipinski definition) is 0. The van der Waals surface area contributed by atoms with Crippen molar-refractivity contribution in [1.29, 1.82) is 0 Å². The Kier molecular flexibility index (Phi) is 6.45. The van der Waals surface area contributed by atoms with Crippen molar-refractivity contribution in [1.82, 2.24) is 0 Å². The van der Waals surface area contributed by atoms with Crippen LogP contribution in [0.2, 0.25) is 0 Å². The number of rotatable bonds is 1. The minimum absolute atomic E-state index is 0.228. The van der Waals surface area contributed by atoms with Crippen molar-refractivity contribution in [2.45, 2.75) is 61.3 Å². The summed E-state index contributed by atoms with van der Waals surface area (Å²) in [5.74, 6) is 0. The number of isocyanates is 1. The van der Waals surface area contributed by atoms with Gasteiger partial charge in [0.1, 0.15) is 0 Å². The van der Waals surface area contributed by atoms with Crippen molar-refractivity contribution in [3.05, 3.63) is 0 Å². The van der Waals surface area contributed by atoms with Gasteiger partial charge in [0.2, 0.25) is 6.08 Å². The molecule has 14 heavy (non-hydrogen) atoms. The molecule has 1 fully saturated rings. The molecule has 2 nitrogen and oxygen atoms in total. The molecule has 3 heteroatoms. The van der Waals surface area contributed by atoms with Crippen molar-refractivity contribution >= 4 is 28.7 Å². The van der Waals surface area contributed by atoms with Gasteiger partial charge in [-0.15, -0.1) is 0 Å². The van der Waals surface area contributed by atoms with E-state index in [9.17, 15) is 4.79 Å². The van der Waals surface area contributed by atoms with E-state index in [1.54, 1.807) is 6.08 Å². The van der Waals surface area contributed by atoms with Crippen molar-refractivity contribution in [2.24, 2.45) is 4.99 Å². The number of halogens is 1. The fourth-order valence-corrected chi connectivity index (χ4v) is 2.95. The van der Waals surface area contributed by atoms with E-state index in [2.05, 4.69) is 27.6 Å². The third-order valence-electron chi connectivity index (χ3n) is 2.87. The first-order chi connectivity index (χ1) is 6.84. The molecule has 0 aliphatic heterocycles. The highest BCUT2D eigenvalue weighted by Gasteiger charge is 2.18. The first-order valence-corrected chi connectivity index (χ1v) is 6.80. The molecular formula is C11H18INO. The molecular weight excluding hydrogens is 289 g/mol. The number of hydrogen-bond acceptors (Lipinski definition) is 2. The molecule has 0 aromatic rings. The lowest BCUT2D eigenvalue weighted by Crippen LogP contribution is -2.19. The summed E-state index contributed by atoms with van der Waals surface area (Å²) in [5, 5.41) is 0. The molecule has 0 saturated heterocycles. The highest BCUT2D eigenvalue weighted by Crippen LogP contribution is 2.24. The summed E-state index contributed by atoms with van der Waals surface area (Å²) < 4.78 is 0.534. The second kappa shape index (κ2) is 7.41. The fraction of sp³-hybridized carbons (Fsp3) is 0.909. The predicted molar refractivity (Wildman–Crippen MR) is 66.7 cm³/mol. The number of carbonyl (C=O) groups excluding carboxylic acids is 1. The van der Waals surface area contributed by atoms with Gasteiger partial charge in [-0.2, -0.15) is 0 Å². The topological polar surface area (TPSA) is 29.4 Å². The molecule has 0 aromatic carbocycles. The SMILES string of the molecule is O=C=N[C@H]1CCCCCCCC[C@@H]1I. The Balaban J connectivity index is 2.45. The van der Waals surface area contributed by atoms with Gasteiger partial charge in [0.15, 0.2) is 0 Å². The Morgan fingerprint density at radius 2 is 1.57 bits per heavy atom. The van der Waals surface area contributed by atoms with Crippen LogP contribution in [-0.2, 0) is 4.79 Å². The van der Waals surface area contributed by atoms with E-state index < -0.39 is 0 Å². The van der Waals surface area contributed by atoms with Crippen LogP contribution in [0.5, 0.6) is 0 Å². The molecule has 0 N–H and O–H groups in total. The molecule has 1 saturated carbocycles. The summed E-state index contributed by atoms with van der Waals surface area (Å²) in [7, 11) is 0. The molecule has 1 aliphatic carbocycles. The third kappa shape index (κ3) is 4.56. The molecule has 80 valence electrons. The van der Waals surface area contributed by atoms with Crippen molar-refractivity contribution in [2.75, 3.05) is 0 Å². The van der Waals surface area contributed by atoms with Crippen LogP contribution in [0.4, 0.5) is 0 Å². The summed E-state index contributed by atoms with van der Waals surface area (Å²) in [5.41, 5.74) is 0. The third-order valence-corrected chi connectivity index (χ3v) is 4.32. The zero-order valence-corrected chi connectivity index (χ0v) is 10.7. The Bertz CT molecular complexity index is 201. The Morgan fingerprint density at radius 3 is 2.21 bits per heavy atom. The minimum Gasteiger partial charge on any atom is -0.211 e. The molecule has 0 bridgehead atoms. The average Bonchev–Trinajstić information content (AvgIpc) is 2.20. The monoisotopic (exact) mass is 307 g/mol. The normalized spacial score (nSPS) is 30.4. The van der Waals surface area contributed by atoms with Gasteiger partial charge < -0.3 is 0 Å². The van der Waals surface area contributed by atoms with E-state index in [1.807, 2.05) is 0 Å². The molecule has 2 atom stereocenters. The summed E-state index contributed by atoms with van der Waals surface area (Å²) in [6.45, 7) is 0. The quantitative estimate of drug-likeness (QED) is 0.315. The lowest BCUT2D eigenvalue weighted by Gasteiger charge is -2.18. The zero-order valence-electron chi connectivity index (χ0n) is 8.54. The molecule has 0 radical (unpaired) electrons. The molecule has 0 heterocycles.